The molecule has 0 spiro atoms. The molecular weight excluding hydrogens is 272 g/mol. The van der Waals surface area contributed by atoms with Crippen LogP contribution in [0.25, 0.3) is 0 Å². The zero-order chi connectivity index (χ0) is 15.2. The molecule has 1 heterocycles. The van der Waals surface area contributed by atoms with Gasteiger partial charge in [0.1, 0.15) is 17.6 Å². The Morgan fingerprint density at radius 2 is 1.95 bits per heavy atom. The summed E-state index contributed by atoms with van der Waals surface area (Å²) in [6.45, 7) is 0.610. The molecule has 1 aromatic carbocycles. The lowest BCUT2D eigenvalue weighted by Crippen LogP contribution is -2.48. The summed E-state index contributed by atoms with van der Waals surface area (Å²) in [5, 5.41) is 10.4. The van der Waals surface area contributed by atoms with Crippen molar-refractivity contribution in [1.29, 1.82) is 0 Å². The quantitative estimate of drug-likeness (QED) is 0.851. The van der Waals surface area contributed by atoms with E-state index in [2.05, 4.69) is 0 Å². The Labute approximate surface area is 123 Å². The van der Waals surface area contributed by atoms with E-state index in [9.17, 15) is 9.90 Å². The van der Waals surface area contributed by atoms with Crippen molar-refractivity contribution in [2.75, 3.05) is 20.8 Å². The third-order valence-electron chi connectivity index (χ3n) is 4.29. The second kappa shape index (κ2) is 4.89. The van der Waals surface area contributed by atoms with Gasteiger partial charge in [-0.2, -0.15) is 0 Å². The van der Waals surface area contributed by atoms with Gasteiger partial charge < -0.3 is 25.2 Å². The molecule has 2 aliphatic rings. The number of methoxy groups -OCH3 is 2. The highest BCUT2D eigenvalue weighted by molar-refractivity contribution is 5.89. The summed E-state index contributed by atoms with van der Waals surface area (Å²) < 4.78 is 10.7. The van der Waals surface area contributed by atoms with E-state index in [1.807, 2.05) is 0 Å². The van der Waals surface area contributed by atoms with Gasteiger partial charge in [-0.25, -0.2) is 0 Å². The zero-order valence-corrected chi connectivity index (χ0v) is 12.3. The highest BCUT2D eigenvalue weighted by Gasteiger charge is 2.49. The van der Waals surface area contributed by atoms with Crippen LogP contribution in [-0.2, 0) is 11.3 Å². The van der Waals surface area contributed by atoms with Crippen LogP contribution < -0.4 is 15.2 Å². The molecule has 6 heteroatoms. The number of nitrogens with zero attached hydrogens (tertiary/aromatic N) is 1. The van der Waals surface area contributed by atoms with Crippen LogP contribution in [0.2, 0.25) is 0 Å². The minimum atomic E-state index is -0.801. The van der Waals surface area contributed by atoms with Crippen LogP contribution in [0, 0.1) is 0 Å². The Bertz CT molecular complexity index is 583. The number of ether oxygens (including phenoxy) is 2. The Morgan fingerprint density at radius 3 is 2.52 bits per heavy atom. The molecule has 1 unspecified atom stereocenters. The van der Waals surface area contributed by atoms with Crippen LogP contribution in [0.3, 0.4) is 0 Å². The summed E-state index contributed by atoms with van der Waals surface area (Å²) in [7, 11) is 3.13. The van der Waals surface area contributed by atoms with Crippen molar-refractivity contribution in [3.8, 4) is 11.5 Å². The number of hydrogen-bond acceptors (Lipinski definition) is 5. The van der Waals surface area contributed by atoms with Crippen LogP contribution in [-0.4, -0.2) is 42.2 Å². The maximum atomic E-state index is 12.4. The lowest BCUT2D eigenvalue weighted by Gasteiger charge is -2.35. The standard InChI is InChI=1S/C15H20N2O4/c1-20-11-3-4-12(21-2)13-9(11)7-17(8-10(13)18)14(19)15(16)5-6-15/h3-4,10,18H,5-8,16H2,1-2H3. The van der Waals surface area contributed by atoms with E-state index in [4.69, 9.17) is 15.2 Å². The molecule has 1 aliphatic carbocycles. The number of carbonyl (C=O) groups is 1. The van der Waals surface area contributed by atoms with Crippen LogP contribution in [0.15, 0.2) is 12.1 Å². The molecular formula is C15H20N2O4. The lowest BCUT2D eigenvalue weighted by molar-refractivity contribution is -0.136. The molecule has 3 rings (SSSR count). The first-order valence-corrected chi connectivity index (χ1v) is 7.00. The fraction of sp³-hybridized carbons (Fsp3) is 0.533. The smallest absolute Gasteiger partial charge is 0.243 e. The highest BCUT2D eigenvalue weighted by Crippen LogP contribution is 2.42. The Morgan fingerprint density at radius 1 is 1.33 bits per heavy atom. The Balaban J connectivity index is 1.98. The minimum Gasteiger partial charge on any atom is -0.496 e. The maximum absolute atomic E-state index is 12.4. The average Bonchev–Trinajstić information content (AvgIpc) is 3.24. The summed E-state index contributed by atoms with van der Waals surface area (Å²) in [5.41, 5.74) is 6.73. The summed E-state index contributed by atoms with van der Waals surface area (Å²) in [4.78, 5) is 14.0. The van der Waals surface area contributed by atoms with E-state index in [0.717, 1.165) is 5.56 Å². The zero-order valence-electron chi connectivity index (χ0n) is 12.3. The number of nitrogens with two attached hydrogens (primary N) is 1. The van der Waals surface area contributed by atoms with Gasteiger partial charge in [0.05, 0.1) is 26.3 Å². The first kappa shape index (κ1) is 14.2. The number of aliphatic hydroxyl groups excluding tert-OH is 1. The highest BCUT2D eigenvalue weighted by atomic mass is 16.5. The molecule has 1 aliphatic heterocycles. The third kappa shape index (κ3) is 2.24. The van der Waals surface area contributed by atoms with Crippen molar-refractivity contribution >= 4 is 5.91 Å². The molecule has 3 N–H and O–H groups in total. The molecule has 1 fully saturated rings. The van der Waals surface area contributed by atoms with Gasteiger partial charge in [-0.1, -0.05) is 0 Å². The van der Waals surface area contributed by atoms with Gasteiger partial charge in [0.15, 0.2) is 0 Å². The fourth-order valence-electron chi connectivity index (χ4n) is 2.89. The fourth-order valence-corrected chi connectivity index (χ4v) is 2.89. The number of rotatable bonds is 3. The molecule has 1 saturated carbocycles. The van der Waals surface area contributed by atoms with Crippen molar-refractivity contribution in [2.24, 2.45) is 5.73 Å². The number of β-amino-alcohol motifs (C(OH)–C–C–N with tert-alkyl or cyclic N) is 1. The van der Waals surface area contributed by atoms with E-state index in [-0.39, 0.29) is 12.5 Å². The van der Waals surface area contributed by atoms with E-state index >= 15 is 0 Å². The van der Waals surface area contributed by atoms with Crippen molar-refractivity contribution in [3.63, 3.8) is 0 Å². The Hall–Kier alpha value is -1.79. The summed E-state index contributed by atoms with van der Waals surface area (Å²) in [6.07, 6.45) is 0.617. The van der Waals surface area contributed by atoms with E-state index < -0.39 is 11.6 Å². The van der Waals surface area contributed by atoms with Gasteiger partial charge >= 0.3 is 0 Å². The molecule has 0 radical (unpaired) electrons. The third-order valence-corrected chi connectivity index (χ3v) is 4.29. The molecule has 0 aromatic heterocycles. The summed E-state index contributed by atoms with van der Waals surface area (Å²) >= 11 is 0. The van der Waals surface area contributed by atoms with Crippen LogP contribution >= 0.6 is 0 Å². The largest absolute Gasteiger partial charge is 0.496 e. The predicted molar refractivity (Wildman–Crippen MR) is 76.1 cm³/mol. The molecule has 21 heavy (non-hydrogen) atoms. The topological polar surface area (TPSA) is 85.0 Å². The minimum absolute atomic E-state index is 0.0999. The first-order valence-electron chi connectivity index (χ1n) is 7.00. The van der Waals surface area contributed by atoms with Crippen molar-refractivity contribution in [1.82, 2.24) is 4.90 Å². The first-order chi connectivity index (χ1) is 10.00. The van der Waals surface area contributed by atoms with Crippen LogP contribution in [0.1, 0.15) is 30.1 Å². The predicted octanol–water partition coefficient (Wildman–Crippen LogP) is 0.571. The Kier molecular flexibility index (Phi) is 3.30. The number of aliphatic hydroxyl groups is 1. The lowest BCUT2D eigenvalue weighted by atomic mass is 9.94. The monoisotopic (exact) mass is 292 g/mol. The van der Waals surface area contributed by atoms with Crippen LogP contribution in [0.5, 0.6) is 11.5 Å². The molecule has 6 nitrogen and oxygen atoms in total. The molecule has 1 amide bonds. The van der Waals surface area contributed by atoms with Gasteiger partial charge in [-0.15, -0.1) is 0 Å². The second-order valence-electron chi connectivity index (χ2n) is 5.72. The number of amides is 1. The van der Waals surface area contributed by atoms with Gasteiger partial charge in [-0.05, 0) is 25.0 Å². The summed E-state index contributed by atoms with van der Waals surface area (Å²) in [5.74, 6) is 1.15. The van der Waals surface area contributed by atoms with Gasteiger partial charge in [-0.3, -0.25) is 4.79 Å². The van der Waals surface area contributed by atoms with Crippen molar-refractivity contribution < 1.29 is 19.4 Å². The normalized spacial score (nSPS) is 22.5. The van der Waals surface area contributed by atoms with Gasteiger partial charge in [0, 0.05) is 17.7 Å². The van der Waals surface area contributed by atoms with Gasteiger partial charge in [0.2, 0.25) is 5.91 Å². The van der Waals surface area contributed by atoms with E-state index in [1.54, 1.807) is 31.3 Å². The number of benzene rings is 1. The average molecular weight is 292 g/mol. The SMILES string of the molecule is COc1ccc(OC)c2c1CN(C(=O)C1(N)CC1)CC2O. The van der Waals surface area contributed by atoms with E-state index in [0.29, 0.717) is 36.4 Å². The molecule has 114 valence electrons. The molecule has 1 atom stereocenters. The number of carbonyl (C=O) groups excluding carboxylic acids is 1. The molecule has 1 aromatic rings. The summed E-state index contributed by atoms with van der Waals surface area (Å²) in [6, 6.07) is 3.55. The molecule has 0 saturated heterocycles. The van der Waals surface area contributed by atoms with Crippen LogP contribution in [0.4, 0.5) is 0 Å². The van der Waals surface area contributed by atoms with Gasteiger partial charge in [0.25, 0.3) is 0 Å². The molecule has 0 bridgehead atoms. The van der Waals surface area contributed by atoms with Crippen molar-refractivity contribution in [2.45, 2.75) is 31.0 Å². The van der Waals surface area contributed by atoms with E-state index in [1.165, 1.54) is 0 Å². The second-order valence-corrected chi connectivity index (χ2v) is 5.72. The number of hydrogen-bond donors (Lipinski definition) is 2. The maximum Gasteiger partial charge on any atom is 0.243 e. The van der Waals surface area contributed by atoms with Crippen molar-refractivity contribution in [3.05, 3.63) is 23.3 Å². The number of fused-ring (bicyclic) bond motifs is 1.